The van der Waals surface area contributed by atoms with Crippen molar-refractivity contribution in [2.45, 2.75) is 52.9 Å². The zero-order valence-corrected chi connectivity index (χ0v) is 13.7. The zero-order valence-electron chi connectivity index (χ0n) is 13.7. The molecule has 1 aromatic rings. The number of hydrogen-bond acceptors (Lipinski definition) is 2. The summed E-state index contributed by atoms with van der Waals surface area (Å²) in [7, 11) is 0. The Morgan fingerprint density at radius 1 is 1.33 bits per heavy atom. The normalized spacial score (nSPS) is 26.0. The van der Waals surface area contributed by atoms with Gasteiger partial charge in [-0.05, 0) is 55.6 Å². The van der Waals surface area contributed by atoms with Crippen molar-refractivity contribution < 1.29 is 4.79 Å². The molecule has 2 heteroatoms. The lowest BCUT2D eigenvalue weighted by atomic mass is 9.67. The second-order valence-electron chi connectivity index (χ2n) is 7.29. The van der Waals surface area contributed by atoms with E-state index in [-0.39, 0.29) is 11.2 Å². The number of carbonyl (C=O) groups is 1. The molecular weight excluding hydrogens is 258 g/mol. The molecule has 1 aromatic carbocycles. The standard InChI is InChI=1S/C19H29NO/c1-14(2)11-16-5-4-6-17(12-16)18(21)19(13-20)9-7-15(3)8-10-19/h4-6,12,14-15H,7-11,13,20H2,1-3H3. The topological polar surface area (TPSA) is 43.1 Å². The third-order valence-electron chi connectivity index (χ3n) is 4.94. The average molecular weight is 287 g/mol. The van der Waals surface area contributed by atoms with Crippen molar-refractivity contribution in [1.29, 1.82) is 0 Å². The predicted octanol–water partition coefficient (Wildman–Crippen LogP) is 4.22. The first-order valence-electron chi connectivity index (χ1n) is 8.30. The largest absolute Gasteiger partial charge is 0.329 e. The van der Waals surface area contributed by atoms with Gasteiger partial charge in [-0.15, -0.1) is 0 Å². The van der Waals surface area contributed by atoms with Gasteiger partial charge in [-0.2, -0.15) is 0 Å². The van der Waals surface area contributed by atoms with Crippen molar-refractivity contribution in [3.8, 4) is 0 Å². The molecule has 0 amide bonds. The Hall–Kier alpha value is -1.15. The first-order valence-corrected chi connectivity index (χ1v) is 8.30. The summed E-state index contributed by atoms with van der Waals surface area (Å²) < 4.78 is 0. The number of hydrogen-bond donors (Lipinski definition) is 1. The van der Waals surface area contributed by atoms with Crippen LogP contribution < -0.4 is 5.73 Å². The smallest absolute Gasteiger partial charge is 0.170 e. The van der Waals surface area contributed by atoms with Gasteiger partial charge >= 0.3 is 0 Å². The van der Waals surface area contributed by atoms with Crippen molar-refractivity contribution in [2.24, 2.45) is 23.0 Å². The number of benzene rings is 1. The lowest BCUT2D eigenvalue weighted by molar-refractivity contribution is 0.0695. The summed E-state index contributed by atoms with van der Waals surface area (Å²) in [4.78, 5) is 13.0. The van der Waals surface area contributed by atoms with Crippen LogP contribution in [0.4, 0.5) is 0 Å². The molecule has 116 valence electrons. The molecule has 21 heavy (non-hydrogen) atoms. The highest BCUT2D eigenvalue weighted by molar-refractivity contribution is 6.01. The maximum atomic E-state index is 13.0. The van der Waals surface area contributed by atoms with Crippen LogP contribution in [0.5, 0.6) is 0 Å². The van der Waals surface area contributed by atoms with E-state index in [0.717, 1.165) is 43.6 Å². The molecule has 2 nitrogen and oxygen atoms in total. The highest BCUT2D eigenvalue weighted by Crippen LogP contribution is 2.40. The Morgan fingerprint density at radius 2 is 2.00 bits per heavy atom. The molecule has 0 bridgehead atoms. The molecule has 1 fully saturated rings. The van der Waals surface area contributed by atoms with Gasteiger partial charge in [0.1, 0.15) is 0 Å². The fourth-order valence-electron chi connectivity index (χ4n) is 3.46. The van der Waals surface area contributed by atoms with Crippen LogP contribution in [0.25, 0.3) is 0 Å². The average Bonchev–Trinajstić information content (AvgIpc) is 2.47. The van der Waals surface area contributed by atoms with E-state index >= 15 is 0 Å². The molecule has 1 aliphatic rings. The Kier molecular flexibility index (Phi) is 5.21. The molecule has 0 spiro atoms. The maximum absolute atomic E-state index is 13.0. The quantitative estimate of drug-likeness (QED) is 0.824. The van der Waals surface area contributed by atoms with Gasteiger partial charge in [0.25, 0.3) is 0 Å². The zero-order chi connectivity index (χ0) is 15.5. The molecule has 1 saturated carbocycles. The van der Waals surface area contributed by atoms with Gasteiger partial charge in [0.15, 0.2) is 5.78 Å². The highest BCUT2D eigenvalue weighted by Gasteiger charge is 2.40. The fourth-order valence-corrected chi connectivity index (χ4v) is 3.46. The number of Topliss-reactive ketones (excluding diaryl/α,β-unsaturated/α-hetero) is 1. The molecule has 0 unspecified atom stereocenters. The van der Waals surface area contributed by atoms with Crippen molar-refractivity contribution in [1.82, 2.24) is 0 Å². The number of carbonyl (C=O) groups excluding carboxylic acids is 1. The molecule has 2 rings (SSSR count). The minimum absolute atomic E-state index is 0.266. The lowest BCUT2D eigenvalue weighted by Crippen LogP contribution is -2.41. The van der Waals surface area contributed by atoms with Crippen molar-refractivity contribution >= 4 is 5.78 Å². The summed E-state index contributed by atoms with van der Waals surface area (Å²) in [6.07, 6.45) is 5.15. The van der Waals surface area contributed by atoms with Crippen LogP contribution in [0.3, 0.4) is 0 Å². The van der Waals surface area contributed by atoms with Crippen LogP contribution in [0.2, 0.25) is 0 Å². The minimum Gasteiger partial charge on any atom is -0.329 e. The van der Waals surface area contributed by atoms with E-state index in [9.17, 15) is 4.79 Å². The summed E-state index contributed by atoms with van der Waals surface area (Å²) in [6, 6.07) is 8.18. The third-order valence-corrected chi connectivity index (χ3v) is 4.94. The van der Waals surface area contributed by atoms with E-state index in [4.69, 9.17) is 5.73 Å². The van der Waals surface area contributed by atoms with E-state index in [0.29, 0.717) is 12.5 Å². The Balaban J connectivity index is 2.21. The summed E-state index contributed by atoms with van der Waals surface area (Å²) in [6.45, 7) is 7.16. The summed E-state index contributed by atoms with van der Waals surface area (Å²) in [5, 5.41) is 0. The molecule has 0 atom stereocenters. The maximum Gasteiger partial charge on any atom is 0.170 e. The fraction of sp³-hybridized carbons (Fsp3) is 0.632. The van der Waals surface area contributed by atoms with E-state index < -0.39 is 0 Å². The number of ketones is 1. The first-order chi connectivity index (χ1) is 9.97. The minimum atomic E-state index is -0.317. The SMILES string of the molecule is CC(C)Cc1cccc(C(=O)C2(CN)CCC(C)CC2)c1. The van der Waals surface area contributed by atoms with Crippen molar-refractivity contribution in [3.05, 3.63) is 35.4 Å². The predicted molar refractivity (Wildman–Crippen MR) is 88.4 cm³/mol. The molecule has 0 saturated heterocycles. The number of nitrogens with two attached hydrogens (primary N) is 1. The summed E-state index contributed by atoms with van der Waals surface area (Å²) in [5.41, 5.74) is 7.81. The van der Waals surface area contributed by atoms with Gasteiger partial charge in [-0.25, -0.2) is 0 Å². The molecule has 0 aromatic heterocycles. The van der Waals surface area contributed by atoms with Gasteiger partial charge in [0.2, 0.25) is 0 Å². The molecule has 2 N–H and O–H groups in total. The lowest BCUT2D eigenvalue weighted by Gasteiger charge is -2.37. The van der Waals surface area contributed by atoms with Crippen molar-refractivity contribution in [3.63, 3.8) is 0 Å². The molecule has 0 radical (unpaired) electrons. The van der Waals surface area contributed by atoms with Crippen LogP contribution in [0, 0.1) is 17.3 Å². The van der Waals surface area contributed by atoms with Gasteiger partial charge < -0.3 is 5.73 Å². The number of rotatable bonds is 5. The second kappa shape index (κ2) is 6.74. The Morgan fingerprint density at radius 3 is 2.57 bits per heavy atom. The Labute approximate surface area is 129 Å². The van der Waals surface area contributed by atoms with E-state index in [1.54, 1.807) is 0 Å². The summed E-state index contributed by atoms with van der Waals surface area (Å²) in [5.74, 6) is 1.60. The van der Waals surface area contributed by atoms with Crippen LogP contribution in [-0.2, 0) is 6.42 Å². The third kappa shape index (κ3) is 3.74. The molecule has 0 heterocycles. The van der Waals surface area contributed by atoms with E-state index in [2.05, 4.69) is 32.9 Å². The van der Waals surface area contributed by atoms with Crippen molar-refractivity contribution in [2.75, 3.05) is 6.54 Å². The monoisotopic (exact) mass is 287 g/mol. The molecule has 0 aliphatic heterocycles. The molecule has 1 aliphatic carbocycles. The van der Waals surface area contributed by atoms with Gasteiger partial charge in [-0.1, -0.05) is 39.0 Å². The van der Waals surface area contributed by atoms with Gasteiger partial charge in [-0.3, -0.25) is 4.79 Å². The Bertz CT molecular complexity index is 484. The van der Waals surface area contributed by atoms with Gasteiger partial charge in [0.05, 0.1) is 0 Å². The van der Waals surface area contributed by atoms with Crippen LogP contribution in [0.1, 0.15) is 62.4 Å². The first kappa shape index (κ1) is 16.2. The van der Waals surface area contributed by atoms with Gasteiger partial charge in [0, 0.05) is 17.5 Å². The second-order valence-corrected chi connectivity index (χ2v) is 7.29. The molecular formula is C19H29NO. The van der Waals surface area contributed by atoms with Crippen LogP contribution >= 0.6 is 0 Å². The van der Waals surface area contributed by atoms with E-state index in [1.165, 1.54) is 5.56 Å². The van der Waals surface area contributed by atoms with Crippen LogP contribution in [0.15, 0.2) is 24.3 Å². The van der Waals surface area contributed by atoms with Crippen LogP contribution in [-0.4, -0.2) is 12.3 Å². The summed E-state index contributed by atoms with van der Waals surface area (Å²) >= 11 is 0. The highest BCUT2D eigenvalue weighted by atomic mass is 16.1. The van der Waals surface area contributed by atoms with E-state index in [1.807, 2.05) is 12.1 Å².